The minimum Gasteiger partial charge on any atom is -0.493 e. The Morgan fingerprint density at radius 2 is 0.565 bits per heavy atom. The molecule has 24 nitrogen and oxygen atoms in total. The van der Waals surface area contributed by atoms with E-state index in [2.05, 4.69) is 0 Å². The number of ether oxygens (including phenoxy) is 12. The molecule has 12 aliphatic heterocycles. The SMILES string of the molecule is [2H]C([2H])([2H])C([2H])(C)C([2H])([2H])C1([2H])CN2C(c3cc(OC)c(OC)cc3C([2H])([2H])C2([2H])[2H])C([2H])([2H])C1([2H])O.[2H]C([2H])([2H])C([2H])(C)C([2H])([2H])C1([2H])CN2C(c3cc(OC)c(OC)cc3C([2H])([2H])C2([2H])[2H])C([2H])([2H])C1([2H])O.[2H]C([2H])([2H])Oc1cc2c(cc1OC)C([2H])([2H])C([2H])([2H])N1CC([2H])(C([2H])([2H])C([2H])(C)C([2H])([2H])[2H])C([2H])(O)C([2H])([2H])C21.[2H]C([2H])([2H])Oc1cc2c(cc1OC)C([2H])([2H])C([2H])([2H])N1CC([2H])(C([2H])([2H])C([2H])(C)C([2H])([2H])[2H])C([2H])(O)C([2H])([2H])C21.[2H]C([2H])([2H])Oc1cc2c(cc1OC)C([2H])([2H])C([2H])([2H])N1CC([2H])(CC(C)C)C([2H])(O)C([2H])([2H])C21.[2H]C12CC(O)C(CC(C)C)C([2H])([2H])N1CCc1cc(OC)c(OC)cc12. The Bertz CT molecular complexity index is 8320. The van der Waals surface area contributed by atoms with E-state index < -0.39 is 375 Å². The number of fused-ring (bicyclic) bond motifs is 18. The van der Waals surface area contributed by atoms with Crippen LogP contribution in [-0.2, 0) is 38.3 Å². The maximum absolute atomic E-state index is 11.3. The molecule has 6 N–H and O–H groups in total. The van der Waals surface area contributed by atoms with Gasteiger partial charge in [0.2, 0.25) is 0 Å². The van der Waals surface area contributed by atoms with E-state index in [1.807, 2.05) is 19.9 Å². The summed E-state index contributed by atoms with van der Waals surface area (Å²) in [5.41, 5.74) is -2.15. The normalized spacial score (nSPS) is 50.1. The molecule has 0 saturated carbocycles. The van der Waals surface area contributed by atoms with Crippen LogP contribution in [0.5, 0.6) is 69.0 Å². The van der Waals surface area contributed by atoms with Gasteiger partial charge in [0, 0.05) is 198 Å². The van der Waals surface area contributed by atoms with Gasteiger partial charge in [-0.2, -0.15) is 0 Å². The highest BCUT2D eigenvalue weighted by Gasteiger charge is 2.47. The van der Waals surface area contributed by atoms with Crippen LogP contribution < -0.4 is 56.8 Å². The summed E-state index contributed by atoms with van der Waals surface area (Å²) >= 11 is 0. The Kier molecular flexibility index (Phi) is 16.3. The molecule has 6 fully saturated rings. The minimum atomic E-state index is -3.87. The van der Waals surface area contributed by atoms with Crippen molar-refractivity contribution in [1.29, 1.82) is 0 Å². The number of methoxy groups -OCH3 is 12. The van der Waals surface area contributed by atoms with Crippen LogP contribution in [0.4, 0.5) is 0 Å². The van der Waals surface area contributed by atoms with Crippen LogP contribution in [0.1, 0.15) is 367 Å². The van der Waals surface area contributed by atoms with Crippen LogP contribution in [0.2, 0.25) is 0 Å². The smallest absolute Gasteiger partial charge is 0.161 e. The molecule has 24 heteroatoms. The number of hydrogen-bond donors (Lipinski definition) is 6. The first-order valence-corrected chi connectivity index (χ1v) is 43.8. The predicted octanol–water partition coefficient (Wildman–Crippen LogP) is 18.2. The van der Waals surface area contributed by atoms with Crippen molar-refractivity contribution in [3.8, 4) is 69.0 Å². The van der Waals surface area contributed by atoms with Crippen LogP contribution in [0.3, 0.4) is 0 Å². The lowest BCUT2D eigenvalue weighted by Crippen LogP contribution is -2.48. The second-order valence-corrected chi connectivity index (χ2v) is 33.9. The van der Waals surface area contributed by atoms with Crippen molar-refractivity contribution >= 4 is 0 Å². The Labute approximate surface area is 934 Å². The highest BCUT2D eigenvalue weighted by atomic mass is 16.5. The first-order valence-electron chi connectivity index (χ1n) is 81.8. The van der Waals surface area contributed by atoms with Gasteiger partial charge < -0.3 is 87.5 Å². The maximum Gasteiger partial charge on any atom is 0.161 e. The molecule has 12 aliphatic rings. The van der Waals surface area contributed by atoms with Crippen molar-refractivity contribution in [1.82, 2.24) is 29.4 Å². The van der Waals surface area contributed by atoms with Gasteiger partial charge in [0.15, 0.2) is 69.0 Å². The lowest BCUT2D eigenvalue weighted by atomic mass is 9.79. The number of benzene rings is 6. The zero-order valence-corrected chi connectivity index (χ0v) is 79.5. The predicted molar refractivity (Wildman–Crippen MR) is 547 cm³/mol. The molecular formula is C114H174N6O18. The number of aryl methyl sites for hydroxylation is 5. The zero-order chi connectivity index (χ0) is 167. The number of rotatable bonds is 24. The Hall–Kier alpha value is -7.56. The molecular weight excluding hydrogens is 1740 g/mol. The van der Waals surface area contributed by atoms with Crippen molar-refractivity contribution in [3.63, 3.8) is 0 Å². The monoisotopic (exact) mass is 1990 g/mol. The first-order chi connectivity index (χ1) is 94.9. The molecule has 6 aromatic carbocycles. The van der Waals surface area contributed by atoms with Crippen molar-refractivity contribution < 1.29 is 192 Å². The molecule has 768 valence electrons. The average molecular weight is 1990 g/mol. The molecule has 12 heterocycles. The highest BCUT2D eigenvalue weighted by molar-refractivity contribution is 5.55. The van der Waals surface area contributed by atoms with Gasteiger partial charge in [0.25, 0.3) is 0 Å². The Morgan fingerprint density at radius 3 is 0.819 bits per heavy atom. The van der Waals surface area contributed by atoms with Gasteiger partial charge in [-0.3, -0.25) is 29.4 Å². The van der Waals surface area contributed by atoms with Crippen LogP contribution in [-0.4, -0.2) is 260 Å². The summed E-state index contributed by atoms with van der Waals surface area (Å²) in [5, 5.41) is 67.1. The van der Waals surface area contributed by atoms with Gasteiger partial charge in [-0.15, -0.1) is 0 Å². The Balaban J connectivity index is 0.000000205. The third-order valence-electron chi connectivity index (χ3n) is 23.4. The average Bonchev–Trinajstić information content (AvgIpc) is 0.664. The molecule has 0 spiro atoms. The van der Waals surface area contributed by atoms with Crippen molar-refractivity contribution in [3.05, 3.63) is 140 Å². The molecule has 0 aromatic heterocycles. The van der Waals surface area contributed by atoms with Gasteiger partial charge in [-0.25, -0.2) is 0 Å². The van der Waals surface area contributed by atoms with E-state index in [1.54, 1.807) is 39.0 Å². The highest BCUT2D eigenvalue weighted by Crippen LogP contribution is 2.52. The Morgan fingerprint density at radius 1 is 0.326 bits per heavy atom. The van der Waals surface area contributed by atoms with Crippen molar-refractivity contribution in [2.24, 2.45) is 70.8 Å². The number of piperidine rings is 6. The third kappa shape index (κ3) is 25.4. The van der Waals surface area contributed by atoms with E-state index >= 15 is 0 Å². The fourth-order valence-electron chi connectivity index (χ4n) is 17.1. The maximum atomic E-state index is 11.3. The van der Waals surface area contributed by atoms with E-state index in [0.29, 0.717) is 83.7 Å². The molecule has 6 aromatic rings. The number of nitrogens with zero attached hydrogens (tertiary/aromatic N) is 6. The van der Waals surface area contributed by atoms with Gasteiger partial charge in [0.1, 0.15) is 0 Å². The standard InChI is InChI=1S/6C19H29NO3/c6*1-12(2)7-14-11-20-6-5-13-8-18(22-3)19(23-4)9-15(13)16(20)10-17(14)21/h6*8-9,12,14,16-17,21H,5-7,10-11H2,1-4H3/i2*1D3,4D3,5D2,6D2,7D2,10D2,12D,14D,17D;2*1D3,5D2,6D2,7D2,10D2,12D,14D,17D;4D3,5D2,6D2,10D2,14D,17D;11D2,16D. The van der Waals surface area contributed by atoms with E-state index in [1.165, 1.54) is 35.5 Å². The summed E-state index contributed by atoms with van der Waals surface area (Å²) in [5.74, 6) is -30.8. The zero-order valence-electron chi connectivity index (χ0n) is 155. The number of aliphatic hydroxyl groups is 6. The van der Waals surface area contributed by atoms with Crippen LogP contribution >= 0.6 is 0 Å². The molecule has 0 amide bonds. The van der Waals surface area contributed by atoms with Gasteiger partial charge in [-0.05, 0) is 325 Å². The second-order valence-electron chi connectivity index (χ2n) is 33.9. The molecule has 18 rings (SSSR count). The van der Waals surface area contributed by atoms with Gasteiger partial charge in [0.05, 0.1) is 142 Å². The second kappa shape index (κ2) is 49.1. The minimum absolute atomic E-state index is 0.000650. The largest absolute Gasteiger partial charge is 0.493 e. The summed E-state index contributed by atoms with van der Waals surface area (Å²) in [7, 11) is 2.47. The van der Waals surface area contributed by atoms with E-state index in [4.69, 9.17) is 161 Å². The molecule has 0 radical (unpaired) electrons. The first kappa shape index (κ1) is 45.8. The van der Waals surface area contributed by atoms with E-state index in [-0.39, 0.29) is 104 Å². The van der Waals surface area contributed by atoms with Gasteiger partial charge in [-0.1, -0.05) is 82.8 Å². The summed E-state index contributed by atoms with van der Waals surface area (Å²) in [6, 6.07) is 2.58. The molecule has 22 unspecified atom stereocenters. The lowest BCUT2D eigenvalue weighted by molar-refractivity contribution is -0.0192. The van der Waals surface area contributed by atoms with Crippen molar-refractivity contribution in [2.45, 2.75) is 270 Å². The van der Waals surface area contributed by atoms with E-state index in [0.717, 1.165) is 85.3 Å². The van der Waals surface area contributed by atoms with Gasteiger partial charge >= 0.3 is 0 Å². The molecule has 138 heavy (non-hydrogen) atoms. The number of aliphatic hydroxyl groups excluding tert-OH is 1. The quantitative estimate of drug-likeness (QED) is 0.0329. The lowest BCUT2D eigenvalue weighted by Gasteiger charge is -2.46. The van der Waals surface area contributed by atoms with Crippen LogP contribution in [0.25, 0.3) is 0 Å². The topological polar surface area (TPSA) is 252 Å². The molecule has 0 bridgehead atoms. The fraction of sp³-hybridized carbons (Fsp3) is 0.684. The molecule has 6 saturated heterocycles. The summed E-state index contributed by atoms with van der Waals surface area (Å²) in [4.78, 5) is 4.18. The summed E-state index contributed by atoms with van der Waals surface area (Å²) in [6.45, 7) is -27.0. The third-order valence-corrected chi connectivity index (χ3v) is 23.4. The fourth-order valence-corrected chi connectivity index (χ4v) is 17.1. The summed E-state index contributed by atoms with van der Waals surface area (Å²) in [6.07, 6.45) is -64.2. The van der Waals surface area contributed by atoms with Crippen LogP contribution in [0, 0.1) is 70.8 Å². The molecule has 22 atom stereocenters. The summed E-state index contributed by atoms with van der Waals surface area (Å²) < 4.78 is 695. The van der Waals surface area contributed by atoms with Crippen LogP contribution in [0.15, 0.2) is 72.8 Å². The van der Waals surface area contributed by atoms with E-state index in [9.17, 15) is 30.6 Å². The number of hydrogen-bond acceptors (Lipinski definition) is 24. The van der Waals surface area contributed by atoms with Crippen molar-refractivity contribution in [2.75, 3.05) is 163 Å². The molecule has 0 aliphatic carbocycles.